The highest BCUT2D eigenvalue weighted by atomic mass is 16.6. The van der Waals surface area contributed by atoms with Crippen LogP contribution in [0.15, 0.2) is 27.5 Å². The molecule has 0 spiro atoms. The monoisotopic (exact) mass is 723 g/mol. The fraction of sp³-hybridized carbons (Fsp3) is 0.471. The Morgan fingerprint density at radius 2 is 1.60 bits per heavy atom. The van der Waals surface area contributed by atoms with E-state index >= 15 is 0 Å². The zero-order chi connectivity index (χ0) is 38.2. The molecule has 274 valence electrons. The molecule has 0 bridgehead atoms. The zero-order valence-corrected chi connectivity index (χ0v) is 28.6. The number of hydrogen-bond donors (Lipinski definition) is 3. The minimum atomic E-state index is -3.29. The lowest BCUT2D eigenvalue weighted by atomic mass is 9.56. The lowest BCUT2D eigenvalue weighted by Crippen LogP contribution is -2.72. The van der Waals surface area contributed by atoms with Gasteiger partial charge in [-0.3, -0.25) is 24.2 Å². The molecule has 1 heterocycles. The van der Waals surface area contributed by atoms with Crippen LogP contribution < -0.4 is 0 Å². The van der Waals surface area contributed by atoms with Crippen LogP contribution in [0.5, 0.6) is 11.5 Å². The summed E-state index contributed by atoms with van der Waals surface area (Å²) < 4.78 is 26.9. The highest BCUT2D eigenvalue weighted by Gasteiger charge is 2.73. The van der Waals surface area contributed by atoms with Crippen LogP contribution in [0.3, 0.4) is 0 Å². The number of rotatable bonds is 7. The second-order valence-corrected chi connectivity index (χ2v) is 12.9. The number of aliphatic imine (C=N–C) groups is 1. The van der Waals surface area contributed by atoms with Gasteiger partial charge in [-0.05, 0) is 31.0 Å². The number of phenolic OH excluding ortho intramolecular Hbond substituents is 2. The minimum Gasteiger partial charge on any atom is -0.507 e. The van der Waals surface area contributed by atoms with Crippen molar-refractivity contribution in [2.45, 2.75) is 74.5 Å². The Morgan fingerprint density at radius 3 is 2.17 bits per heavy atom. The van der Waals surface area contributed by atoms with Crippen LogP contribution in [0.25, 0.3) is 0 Å². The number of hydrogen-bond acceptors (Lipinski definition) is 18. The number of ketones is 4. The van der Waals surface area contributed by atoms with E-state index < -0.39 is 140 Å². The molecule has 52 heavy (non-hydrogen) atoms. The number of nitrogens with zero attached hydrogens (tertiary/aromatic N) is 3. The SMILES string of the molecule is COC(=O)c1c(C)cc2c(c1O)[C@]1(O)C(=O)c3cc4c(c(O)c3C(=O)[C@]1(OC)C(N=O)C2)C(=O)CC(=NC1O[C@H](C)C(OC)C(N=O)C1OC)C4=O. The molecule has 3 aliphatic carbocycles. The van der Waals surface area contributed by atoms with Crippen molar-refractivity contribution in [2.24, 2.45) is 15.3 Å². The molecule has 2 aromatic rings. The van der Waals surface area contributed by atoms with Crippen LogP contribution in [0, 0.1) is 16.7 Å². The first-order chi connectivity index (χ1) is 24.6. The summed E-state index contributed by atoms with van der Waals surface area (Å²) in [5, 5.41) is 41.7. The lowest BCUT2D eigenvalue weighted by molar-refractivity contribution is -0.184. The molecule has 5 unspecified atom stereocenters. The Morgan fingerprint density at radius 1 is 0.923 bits per heavy atom. The summed E-state index contributed by atoms with van der Waals surface area (Å²) in [6, 6.07) is -0.849. The Hall–Kier alpha value is -5.14. The van der Waals surface area contributed by atoms with Gasteiger partial charge in [-0.15, -0.1) is 0 Å². The third-order valence-corrected chi connectivity index (χ3v) is 10.5. The van der Waals surface area contributed by atoms with E-state index in [2.05, 4.69) is 15.3 Å². The number of aliphatic hydroxyl groups is 1. The largest absolute Gasteiger partial charge is 0.507 e. The average Bonchev–Trinajstić information content (AvgIpc) is 3.11. The highest BCUT2D eigenvalue weighted by molar-refractivity contribution is 6.53. The molecule has 1 aliphatic heterocycles. The normalized spacial score (nSPS) is 31.7. The summed E-state index contributed by atoms with van der Waals surface area (Å²) in [5.41, 5.74) is -10.5. The lowest BCUT2D eigenvalue weighted by Gasteiger charge is -2.52. The average molecular weight is 724 g/mol. The van der Waals surface area contributed by atoms with E-state index in [1.54, 1.807) is 6.92 Å². The van der Waals surface area contributed by atoms with Gasteiger partial charge in [0.05, 0.1) is 36.5 Å². The zero-order valence-electron chi connectivity index (χ0n) is 28.6. The van der Waals surface area contributed by atoms with Crippen LogP contribution in [-0.4, -0.2) is 121 Å². The van der Waals surface area contributed by atoms with Gasteiger partial charge in [0, 0.05) is 44.4 Å². The molecule has 18 nitrogen and oxygen atoms in total. The van der Waals surface area contributed by atoms with E-state index in [-0.39, 0.29) is 11.1 Å². The molecule has 0 saturated carbocycles. The first-order valence-electron chi connectivity index (χ1n) is 15.9. The van der Waals surface area contributed by atoms with Gasteiger partial charge < -0.3 is 39.0 Å². The summed E-state index contributed by atoms with van der Waals surface area (Å²) in [6.07, 6.45) is -5.27. The number of aryl methyl sites for hydroxylation is 1. The summed E-state index contributed by atoms with van der Waals surface area (Å²) >= 11 is 0. The third kappa shape index (κ3) is 4.61. The van der Waals surface area contributed by atoms with Crippen molar-refractivity contribution in [1.82, 2.24) is 0 Å². The number of phenols is 2. The molecule has 4 aliphatic rings. The summed E-state index contributed by atoms with van der Waals surface area (Å²) in [5.74, 6) is -7.81. The van der Waals surface area contributed by atoms with Gasteiger partial charge in [0.15, 0.2) is 29.3 Å². The van der Waals surface area contributed by atoms with Gasteiger partial charge in [-0.2, -0.15) is 9.81 Å². The van der Waals surface area contributed by atoms with E-state index in [1.165, 1.54) is 27.2 Å². The van der Waals surface area contributed by atoms with Crippen molar-refractivity contribution >= 4 is 34.8 Å². The predicted octanol–water partition coefficient (Wildman–Crippen LogP) is 1.66. The van der Waals surface area contributed by atoms with Gasteiger partial charge in [-0.1, -0.05) is 16.4 Å². The van der Waals surface area contributed by atoms with E-state index in [4.69, 9.17) is 23.7 Å². The van der Waals surface area contributed by atoms with Crippen LogP contribution in [0.4, 0.5) is 0 Å². The molecular weight excluding hydrogens is 690 g/mol. The Balaban J connectivity index is 1.56. The van der Waals surface area contributed by atoms with Crippen molar-refractivity contribution in [3.05, 3.63) is 66.5 Å². The highest BCUT2D eigenvalue weighted by Crippen LogP contribution is 2.57. The second kappa shape index (κ2) is 12.8. The number of fused-ring (bicyclic) bond motifs is 5. The molecule has 0 aromatic heterocycles. The fourth-order valence-electron chi connectivity index (χ4n) is 8.13. The topological polar surface area (TPSA) is 263 Å². The number of aromatic hydroxyl groups is 2. The Kier molecular flexibility index (Phi) is 9.03. The molecule has 8 atom stereocenters. The summed E-state index contributed by atoms with van der Waals surface area (Å²) in [4.78, 5) is 98.0. The first-order valence-corrected chi connectivity index (χ1v) is 15.9. The number of Topliss-reactive ketones (excluding diaryl/α,β-unsaturated/α-hetero) is 4. The van der Waals surface area contributed by atoms with Gasteiger partial charge in [0.25, 0.3) is 0 Å². The Labute approximate surface area is 294 Å². The number of benzene rings is 2. The van der Waals surface area contributed by atoms with Crippen LogP contribution in [0.2, 0.25) is 0 Å². The molecule has 1 saturated heterocycles. The van der Waals surface area contributed by atoms with Gasteiger partial charge >= 0.3 is 5.97 Å². The molecule has 6 rings (SSSR count). The number of carbonyl (C=O) groups is 5. The van der Waals surface area contributed by atoms with Gasteiger partial charge in [-0.25, -0.2) is 4.79 Å². The maximum absolute atomic E-state index is 14.7. The van der Waals surface area contributed by atoms with E-state index in [0.717, 1.165) is 20.3 Å². The standard InChI is InChI=1S/C34H33N3O15/c1-11-7-13-8-18(36-46)34(51-6)30(43)21-15(29(42)33(34,45)22(13)26(41)19(11)32(44)50-5)9-14-20(25(21)40)17(38)10-16(24(14)39)35-31-28(49-4)23(37-47)27(48-3)12(2)52-31/h7,9,12,18,23,27-28,31,40-41,45H,8,10H2,1-6H3/t12-,18?,23?,27?,28?,31?,33+,34-/m1/s1. The van der Waals surface area contributed by atoms with Crippen LogP contribution in [0.1, 0.15) is 81.8 Å². The molecule has 2 aromatic carbocycles. The van der Waals surface area contributed by atoms with Crippen molar-refractivity contribution in [3.63, 3.8) is 0 Å². The van der Waals surface area contributed by atoms with Gasteiger partial charge in [0.1, 0.15) is 35.3 Å². The first kappa shape index (κ1) is 36.6. The molecule has 1 fully saturated rings. The van der Waals surface area contributed by atoms with Crippen molar-refractivity contribution < 1.29 is 63.0 Å². The second-order valence-electron chi connectivity index (χ2n) is 12.9. The van der Waals surface area contributed by atoms with Gasteiger partial charge in [0.2, 0.25) is 17.3 Å². The van der Waals surface area contributed by atoms with Crippen LogP contribution in [-0.2, 0) is 35.7 Å². The Bertz CT molecular complexity index is 2030. The van der Waals surface area contributed by atoms with E-state index in [0.29, 0.717) is 0 Å². The molecule has 18 heteroatoms. The maximum Gasteiger partial charge on any atom is 0.341 e. The van der Waals surface area contributed by atoms with Crippen molar-refractivity contribution in [1.29, 1.82) is 0 Å². The fourth-order valence-corrected chi connectivity index (χ4v) is 8.13. The van der Waals surface area contributed by atoms with Crippen molar-refractivity contribution in [2.75, 3.05) is 28.4 Å². The molecule has 0 amide bonds. The maximum atomic E-state index is 14.7. The number of carbonyl (C=O) groups excluding carboxylic acids is 5. The number of nitroso groups, excluding NO2 is 2. The number of methoxy groups -OCH3 is 4. The third-order valence-electron chi connectivity index (χ3n) is 10.5. The smallest absolute Gasteiger partial charge is 0.341 e. The van der Waals surface area contributed by atoms with E-state index in [9.17, 15) is 49.1 Å². The molecule has 0 radical (unpaired) electrons. The predicted molar refractivity (Wildman–Crippen MR) is 174 cm³/mol. The molecular formula is C34H33N3O15. The quantitative estimate of drug-likeness (QED) is 0.271. The minimum absolute atomic E-state index is 0.0388. The number of esters is 1. The summed E-state index contributed by atoms with van der Waals surface area (Å²) in [7, 11) is 4.52. The van der Waals surface area contributed by atoms with E-state index in [1.807, 2.05) is 0 Å². The summed E-state index contributed by atoms with van der Waals surface area (Å²) in [6.45, 7) is 3.00. The van der Waals surface area contributed by atoms with Crippen molar-refractivity contribution in [3.8, 4) is 11.5 Å². The number of ether oxygens (including phenoxy) is 5. The van der Waals surface area contributed by atoms with Crippen LogP contribution >= 0.6 is 0 Å². The molecule has 3 N–H and O–H groups in total.